The van der Waals surface area contributed by atoms with E-state index in [0.29, 0.717) is 52.7 Å². The largest absolute Gasteiger partial charge is 0.379 e. The fraction of sp³-hybridized carbons (Fsp3) is 1.00. The Morgan fingerprint density at radius 2 is 1.12 bits per heavy atom. The van der Waals surface area contributed by atoms with Crippen LogP contribution in [-0.4, -0.2) is 75.9 Å². The van der Waals surface area contributed by atoms with Gasteiger partial charge in [-0.1, -0.05) is 0 Å². The number of unbranched alkanes of at least 4 members (excludes halogenated alkanes) is 2. The molecular formula is C19H41NO6. The molecule has 26 heavy (non-hydrogen) atoms. The minimum Gasteiger partial charge on any atom is -0.379 e. The molecule has 0 radical (unpaired) electrons. The summed E-state index contributed by atoms with van der Waals surface area (Å²) in [4.78, 5) is 0. The molecule has 0 aliphatic rings. The Hall–Kier alpha value is -0.280. The second-order valence-corrected chi connectivity index (χ2v) is 7.44. The van der Waals surface area contributed by atoms with Crippen molar-refractivity contribution in [1.29, 1.82) is 0 Å². The lowest BCUT2D eigenvalue weighted by Gasteiger charge is -2.32. The van der Waals surface area contributed by atoms with Crippen LogP contribution in [-0.2, 0) is 23.7 Å². The van der Waals surface area contributed by atoms with Gasteiger partial charge in [-0.2, -0.15) is 0 Å². The Kier molecular flexibility index (Phi) is 15.6. The van der Waals surface area contributed by atoms with E-state index in [1.54, 1.807) is 6.92 Å². The van der Waals surface area contributed by atoms with Crippen LogP contribution in [0.25, 0.3) is 0 Å². The van der Waals surface area contributed by atoms with Gasteiger partial charge in [-0.25, -0.2) is 0 Å². The van der Waals surface area contributed by atoms with Crippen molar-refractivity contribution in [3.05, 3.63) is 0 Å². The van der Waals surface area contributed by atoms with E-state index in [2.05, 4.69) is 0 Å². The van der Waals surface area contributed by atoms with Gasteiger partial charge in [0.1, 0.15) is 0 Å². The van der Waals surface area contributed by atoms with Crippen molar-refractivity contribution in [1.82, 2.24) is 0 Å². The number of nitrogens with two attached hydrogens (primary N) is 1. The molecule has 0 rings (SSSR count). The lowest BCUT2D eigenvalue weighted by atomic mass is 10.1. The minimum absolute atomic E-state index is 0.387. The summed E-state index contributed by atoms with van der Waals surface area (Å²) < 4.78 is 27.3. The Labute approximate surface area is 159 Å². The van der Waals surface area contributed by atoms with Crippen LogP contribution in [0.2, 0.25) is 0 Å². The minimum atomic E-state index is -1.18. The third-order valence-electron chi connectivity index (χ3n) is 3.35. The highest BCUT2D eigenvalue weighted by molar-refractivity contribution is 4.68. The first-order valence-corrected chi connectivity index (χ1v) is 9.70. The smallest absolute Gasteiger partial charge is 0.165 e. The van der Waals surface area contributed by atoms with E-state index < -0.39 is 5.79 Å². The molecule has 0 fully saturated rings. The highest BCUT2D eigenvalue weighted by atomic mass is 16.6. The molecule has 1 atom stereocenters. The SMILES string of the molecule is CC(C)(C)OC(C)(O)CCOCCOCCOCCOCCCCCN. The molecule has 0 heterocycles. The lowest BCUT2D eigenvalue weighted by Crippen LogP contribution is -2.38. The van der Waals surface area contributed by atoms with Crippen molar-refractivity contribution in [3.63, 3.8) is 0 Å². The second kappa shape index (κ2) is 15.7. The first kappa shape index (κ1) is 25.7. The molecule has 3 N–H and O–H groups in total. The van der Waals surface area contributed by atoms with Crippen LogP contribution in [0.5, 0.6) is 0 Å². The molecule has 0 aromatic carbocycles. The van der Waals surface area contributed by atoms with E-state index in [4.69, 9.17) is 29.4 Å². The fourth-order valence-corrected chi connectivity index (χ4v) is 2.26. The third kappa shape index (κ3) is 20.0. The molecule has 0 bridgehead atoms. The monoisotopic (exact) mass is 379 g/mol. The van der Waals surface area contributed by atoms with Crippen molar-refractivity contribution in [2.75, 3.05) is 59.4 Å². The van der Waals surface area contributed by atoms with E-state index >= 15 is 0 Å². The summed E-state index contributed by atoms with van der Waals surface area (Å²) in [7, 11) is 0. The molecule has 0 aliphatic heterocycles. The van der Waals surface area contributed by atoms with Crippen molar-refractivity contribution in [2.45, 2.75) is 64.8 Å². The van der Waals surface area contributed by atoms with Crippen LogP contribution in [0.4, 0.5) is 0 Å². The van der Waals surface area contributed by atoms with Gasteiger partial charge >= 0.3 is 0 Å². The van der Waals surface area contributed by atoms with E-state index in [-0.39, 0.29) is 5.60 Å². The Balaban J connectivity index is 3.25. The molecule has 158 valence electrons. The van der Waals surface area contributed by atoms with Crippen LogP contribution in [0.15, 0.2) is 0 Å². The van der Waals surface area contributed by atoms with Gasteiger partial charge < -0.3 is 34.5 Å². The molecule has 0 aliphatic carbocycles. The van der Waals surface area contributed by atoms with Gasteiger partial charge in [0.15, 0.2) is 5.79 Å². The van der Waals surface area contributed by atoms with Gasteiger partial charge in [-0.05, 0) is 53.5 Å². The molecule has 0 amide bonds. The summed E-state index contributed by atoms with van der Waals surface area (Å²) in [5.74, 6) is -1.18. The van der Waals surface area contributed by atoms with E-state index in [9.17, 15) is 5.11 Å². The first-order chi connectivity index (χ1) is 12.3. The van der Waals surface area contributed by atoms with Crippen LogP contribution in [0.1, 0.15) is 53.4 Å². The predicted molar refractivity (Wildman–Crippen MR) is 102 cm³/mol. The number of hydrogen-bond donors (Lipinski definition) is 2. The average Bonchev–Trinajstić information content (AvgIpc) is 2.52. The number of hydrogen-bond acceptors (Lipinski definition) is 7. The summed E-state index contributed by atoms with van der Waals surface area (Å²) in [6.45, 7) is 12.6. The Bertz CT molecular complexity index is 307. The molecule has 0 saturated carbocycles. The zero-order chi connectivity index (χ0) is 19.7. The van der Waals surface area contributed by atoms with Crippen molar-refractivity contribution < 1.29 is 28.8 Å². The summed E-state index contributed by atoms with van der Waals surface area (Å²) >= 11 is 0. The van der Waals surface area contributed by atoms with Crippen molar-refractivity contribution >= 4 is 0 Å². The molecule has 0 aromatic heterocycles. The molecule has 7 heteroatoms. The van der Waals surface area contributed by atoms with Gasteiger partial charge in [0, 0.05) is 13.0 Å². The topological polar surface area (TPSA) is 92.4 Å². The summed E-state index contributed by atoms with van der Waals surface area (Å²) in [5, 5.41) is 10.1. The summed E-state index contributed by atoms with van der Waals surface area (Å²) in [5.41, 5.74) is 5.04. The van der Waals surface area contributed by atoms with Crippen LogP contribution in [0, 0.1) is 0 Å². The van der Waals surface area contributed by atoms with Crippen LogP contribution >= 0.6 is 0 Å². The highest BCUT2D eigenvalue weighted by Gasteiger charge is 2.27. The van der Waals surface area contributed by atoms with Gasteiger partial charge in [0.25, 0.3) is 0 Å². The normalized spacial score (nSPS) is 14.5. The van der Waals surface area contributed by atoms with Crippen molar-refractivity contribution in [3.8, 4) is 0 Å². The molecule has 0 saturated heterocycles. The average molecular weight is 380 g/mol. The van der Waals surface area contributed by atoms with Gasteiger partial charge in [0.05, 0.1) is 51.8 Å². The summed E-state index contributed by atoms with van der Waals surface area (Å²) in [6.07, 6.45) is 3.65. The van der Waals surface area contributed by atoms with E-state index in [1.807, 2.05) is 20.8 Å². The highest BCUT2D eigenvalue weighted by Crippen LogP contribution is 2.20. The maximum Gasteiger partial charge on any atom is 0.165 e. The van der Waals surface area contributed by atoms with Crippen LogP contribution < -0.4 is 5.73 Å². The number of ether oxygens (including phenoxy) is 5. The maximum absolute atomic E-state index is 10.1. The predicted octanol–water partition coefficient (Wildman–Crippen LogP) is 2.10. The zero-order valence-electron chi connectivity index (χ0n) is 17.3. The fourth-order valence-electron chi connectivity index (χ4n) is 2.26. The van der Waals surface area contributed by atoms with Crippen LogP contribution in [0.3, 0.4) is 0 Å². The van der Waals surface area contributed by atoms with Crippen molar-refractivity contribution in [2.24, 2.45) is 5.73 Å². The molecular weight excluding hydrogens is 338 g/mol. The van der Waals surface area contributed by atoms with Gasteiger partial charge in [-0.15, -0.1) is 0 Å². The standard InChI is InChI=1S/C19H41NO6/c1-18(2,3)26-19(4,21)8-11-23-13-15-25-17-16-24-14-12-22-10-7-5-6-9-20/h21H,5-17,20H2,1-4H3. The Morgan fingerprint density at radius 3 is 1.58 bits per heavy atom. The second-order valence-electron chi connectivity index (χ2n) is 7.44. The number of aliphatic hydroxyl groups is 1. The van der Waals surface area contributed by atoms with Gasteiger partial charge in [0.2, 0.25) is 0 Å². The van der Waals surface area contributed by atoms with Gasteiger partial charge in [-0.3, -0.25) is 0 Å². The summed E-state index contributed by atoms with van der Waals surface area (Å²) in [6, 6.07) is 0. The van der Waals surface area contributed by atoms with E-state index in [1.165, 1.54) is 0 Å². The maximum atomic E-state index is 10.1. The molecule has 0 spiro atoms. The number of rotatable bonds is 18. The Morgan fingerprint density at radius 1 is 0.654 bits per heavy atom. The molecule has 1 unspecified atom stereocenters. The molecule has 0 aromatic rings. The zero-order valence-corrected chi connectivity index (χ0v) is 17.3. The lowest BCUT2D eigenvalue weighted by molar-refractivity contribution is -0.248. The van der Waals surface area contributed by atoms with E-state index in [0.717, 1.165) is 32.4 Å². The quantitative estimate of drug-likeness (QED) is 0.278. The third-order valence-corrected chi connectivity index (χ3v) is 3.35. The molecule has 7 nitrogen and oxygen atoms in total. The first-order valence-electron chi connectivity index (χ1n) is 9.70.